The normalized spacial score (nSPS) is 17.0. The molecule has 3 aromatic rings. The lowest BCUT2D eigenvalue weighted by Gasteiger charge is -2.31. The number of rotatable bonds is 4. The number of amides is 2. The van der Waals surface area contributed by atoms with Gasteiger partial charge in [0.2, 0.25) is 0 Å². The SMILES string of the molecule is Cc1ccc(C)c(CN2C(=O)C(=Cc3ccc(C(=O)N4CCCCC4)cc3)Sc3ccccc32)c1. The van der Waals surface area contributed by atoms with Gasteiger partial charge in [-0.25, -0.2) is 0 Å². The fourth-order valence-corrected chi connectivity index (χ4v) is 5.77. The van der Waals surface area contributed by atoms with E-state index in [1.807, 2.05) is 58.3 Å². The molecule has 0 bridgehead atoms. The van der Waals surface area contributed by atoms with Crippen molar-refractivity contribution < 1.29 is 9.59 Å². The van der Waals surface area contributed by atoms with E-state index in [9.17, 15) is 9.59 Å². The Morgan fingerprint density at radius 3 is 2.46 bits per heavy atom. The van der Waals surface area contributed by atoms with Crippen molar-refractivity contribution in [1.29, 1.82) is 0 Å². The quantitative estimate of drug-likeness (QED) is 0.393. The Hall–Kier alpha value is -3.31. The number of hydrogen-bond acceptors (Lipinski definition) is 3. The third-order valence-corrected chi connectivity index (χ3v) is 7.84. The van der Waals surface area contributed by atoms with E-state index in [4.69, 9.17) is 0 Å². The van der Waals surface area contributed by atoms with E-state index < -0.39 is 0 Å². The van der Waals surface area contributed by atoms with E-state index in [0.717, 1.165) is 47.6 Å². The Kier molecular flexibility index (Phi) is 6.78. The van der Waals surface area contributed by atoms with Gasteiger partial charge in [-0.1, -0.05) is 59.8 Å². The van der Waals surface area contributed by atoms with E-state index in [2.05, 4.69) is 38.1 Å². The minimum absolute atomic E-state index is 0.00285. The monoisotopic (exact) mass is 482 g/mol. The average molecular weight is 483 g/mol. The smallest absolute Gasteiger partial charge is 0.265 e. The molecule has 35 heavy (non-hydrogen) atoms. The van der Waals surface area contributed by atoms with Gasteiger partial charge in [0.05, 0.1) is 17.1 Å². The molecule has 0 aliphatic carbocycles. The number of hydrogen-bond donors (Lipinski definition) is 0. The highest BCUT2D eigenvalue weighted by molar-refractivity contribution is 8.04. The highest BCUT2D eigenvalue weighted by Crippen LogP contribution is 2.42. The highest BCUT2D eigenvalue weighted by Gasteiger charge is 2.29. The fourth-order valence-electron chi connectivity index (χ4n) is 4.71. The maximum atomic E-state index is 13.7. The largest absolute Gasteiger partial charge is 0.339 e. The molecule has 2 aliphatic rings. The van der Waals surface area contributed by atoms with Gasteiger partial charge < -0.3 is 9.80 Å². The van der Waals surface area contributed by atoms with Crippen LogP contribution < -0.4 is 4.90 Å². The molecular weight excluding hydrogens is 452 g/mol. The Labute approximate surface area is 211 Å². The number of fused-ring (bicyclic) bond motifs is 1. The number of thioether (sulfide) groups is 1. The molecule has 0 spiro atoms. The maximum Gasteiger partial charge on any atom is 0.265 e. The number of para-hydroxylation sites is 1. The van der Waals surface area contributed by atoms with Crippen molar-refractivity contribution in [1.82, 2.24) is 4.90 Å². The summed E-state index contributed by atoms with van der Waals surface area (Å²) in [7, 11) is 0. The number of piperidine rings is 1. The van der Waals surface area contributed by atoms with E-state index in [1.165, 1.54) is 29.3 Å². The molecule has 3 aromatic carbocycles. The molecule has 1 saturated heterocycles. The van der Waals surface area contributed by atoms with Gasteiger partial charge in [0.25, 0.3) is 11.8 Å². The van der Waals surface area contributed by atoms with E-state index in [0.29, 0.717) is 17.0 Å². The number of nitrogens with zero attached hydrogens (tertiary/aromatic N) is 2. The molecule has 0 unspecified atom stereocenters. The summed E-state index contributed by atoms with van der Waals surface area (Å²) in [6.07, 6.45) is 5.30. The molecule has 2 aliphatic heterocycles. The number of aryl methyl sites for hydroxylation is 2. The summed E-state index contributed by atoms with van der Waals surface area (Å²) in [5, 5.41) is 0. The van der Waals surface area contributed by atoms with Gasteiger partial charge >= 0.3 is 0 Å². The molecule has 0 saturated carbocycles. The van der Waals surface area contributed by atoms with Gasteiger partial charge in [0.15, 0.2) is 0 Å². The molecule has 5 rings (SSSR count). The first-order valence-electron chi connectivity index (χ1n) is 12.3. The van der Waals surface area contributed by atoms with Crippen LogP contribution in [0.2, 0.25) is 0 Å². The first-order chi connectivity index (χ1) is 17.0. The van der Waals surface area contributed by atoms with Gasteiger partial charge in [-0.2, -0.15) is 0 Å². The molecule has 0 aromatic heterocycles. The fraction of sp³-hybridized carbons (Fsp3) is 0.267. The summed E-state index contributed by atoms with van der Waals surface area (Å²) >= 11 is 1.51. The molecule has 5 heteroatoms. The van der Waals surface area contributed by atoms with Gasteiger partial charge in [-0.3, -0.25) is 9.59 Å². The lowest BCUT2D eigenvalue weighted by molar-refractivity contribution is -0.114. The lowest BCUT2D eigenvalue weighted by Crippen LogP contribution is -2.35. The van der Waals surface area contributed by atoms with Crippen molar-refractivity contribution >= 4 is 35.3 Å². The molecule has 0 atom stereocenters. The molecule has 0 radical (unpaired) electrons. The van der Waals surface area contributed by atoms with Crippen LogP contribution >= 0.6 is 11.8 Å². The molecule has 2 amide bonds. The van der Waals surface area contributed by atoms with Crippen molar-refractivity contribution in [3.05, 3.63) is 99.5 Å². The maximum absolute atomic E-state index is 13.7. The molecule has 4 nitrogen and oxygen atoms in total. The van der Waals surface area contributed by atoms with E-state index in [-0.39, 0.29) is 11.8 Å². The Morgan fingerprint density at radius 1 is 0.943 bits per heavy atom. The number of carbonyl (C=O) groups is 2. The number of anilines is 1. The average Bonchev–Trinajstić information content (AvgIpc) is 2.89. The van der Waals surface area contributed by atoms with Crippen molar-refractivity contribution in [2.75, 3.05) is 18.0 Å². The first kappa shape index (κ1) is 23.4. The minimum atomic E-state index is 0.00285. The minimum Gasteiger partial charge on any atom is -0.339 e. The Bertz CT molecular complexity index is 1290. The van der Waals surface area contributed by atoms with Crippen LogP contribution in [-0.2, 0) is 11.3 Å². The Morgan fingerprint density at radius 2 is 1.69 bits per heavy atom. The van der Waals surface area contributed by atoms with Crippen molar-refractivity contribution in [2.45, 2.75) is 44.6 Å². The van der Waals surface area contributed by atoms with Gasteiger partial charge in [0, 0.05) is 23.5 Å². The number of carbonyl (C=O) groups excluding carboxylic acids is 2. The second-order valence-corrected chi connectivity index (χ2v) is 10.5. The second-order valence-electron chi connectivity index (χ2n) is 9.37. The van der Waals surface area contributed by atoms with Crippen LogP contribution in [0.4, 0.5) is 5.69 Å². The van der Waals surface area contributed by atoms with E-state index in [1.54, 1.807) is 0 Å². The van der Waals surface area contributed by atoms with Crippen molar-refractivity contribution in [3.8, 4) is 0 Å². The zero-order valence-corrected chi connectivity index (χ0v) is 21.1. The predicted molar refractivity (Wildman–Crippen MR) is 144 cm³/mol. The third kappa shape index (κ3) is 5.06. The summed E-state index contributed by atoms with van der Waals surface area (Å²) in [5.74, 6) is 0.101. The molecule has 2 heterocycles. The molecular formula is C30H30N2O2S. The summed E-state index contributed by atoms with van der Waals surface area (Å²) in [6.45, 7) is 6.38. The van der Waals surface area contributed by atoms with Crippen LogP contribution in [-0.4, -0.2) is 29.8 Å². The van der Waals surface area contributed by atoms with Gasteiger partial charge in [-0.05, 0) is 80.1 Å². The zero-order valence-electron chi connectivity index (χ0n) is 20.3. The van der Waals surface area contributed by atoms with E-state index >= 15 is 0 Å². The summed E-state index contributed by atoms with van der Waals surface area (Å²) < 4.78 is 0. The predicted octanol–water partition coefficient (Wildman–Crippen LogP) is 6.61. The summed E-state index contributed by atoms with van der Waals surface area (Å²) in [6, 6.07) is 22.1. The van der Waals surface area contributed by atoms with Crippen LogP contribution in [0.1, 0.15) is 51.9 Å². The summed E-state index contributed by atoms with van der Waals surface area (Å²) in [4.78, 5) is 32.0. The van der Waals surface area contributed by atoms with Crippen molar-refractivity contribution in [3.63, 3.8) is 0 Å². The molecule has 1 fully saturated rings. The van der Waals surface area contributed by atoms with Crippen LogP contribution in [0.25, 0.3) is 6.08 Å². The topological polar surface area (TPSA) is 40.6 Å². The number of benzene rings is 3. The second kappa shape index (κ2) is 10.1. The lowest BCUT2D eigenvalue weighted by atomic mass is 10.0. The van der Waals surface area contributed by atoms with Crippen LogP contribution in [0.15, 0.2) is 76.5 Å². The number of likely N-dealkylation sites (tertiary alicyclic amines) is 1. The van der Waals surface area contributed by atoms with Crippen LogP contribution in [0, 0.1) is 13.8 Å². The van der Waals surface area contributed by atoms with Crippen molar-refractivity contribution in [2.24, 2.45) is 0 Å². The first-order valence-corrected chi connectivity index (χ1v) is 13.1. The molecule has 178 valence electrons. The summed E-state index contributed by atoms with van der Waals surface area (Å²) in [5.41, 5.74) is 6.09. The standard InChI is InChI=1S/C30H30N2O2S/c1-21-10-11-22(2)25(18-21)20-32-26-8-4-5-9-27(26)35-28(30(32)34)19-23-12-14-24(15-13-23)29(33)31-16-6-3-7-17-31/h4-5,8-15,18-19H,3,6-7,16-17,20H2,1-2H3. The highest BCUT2D eigenvalue weighted by atomic mass is 32.2. The van der Waals surface area contributed by atoms with Gasteiger partial charge in [0.1, 0.15) is 0 Å². The molecule has 0 N–H and O–H groups in total. The third-order valence-electron chi connectivity index (χ3n) is 6.76. The van der Waals surface area contributed by atoms with Crippen LogP contribution in [0.5, 0.6) is 0 Å². The Balaban J connectivity index is 1.42. The zero-order chi connectivity index (χ0) is 24.4. The van der Waals surface area contributed by atoms with Gasteiger partial charge in [-0.15, -0.1) is 0 Å². The van der Waals surface area contributed by atoms with Crippen LogP contribution in [0.3, 0.4) is 0 Å².